The fraction of sp³-hybridized carbons (Fsp3) is 0.667. The van der Waals surface area contributed by atoms with Crippen molar-refractivity contribution in [2.45, 2.75) is 45.1 Å². The first-order chi connectivity index (χ1) is 9.88. The molecule has 1 saturated heterocycles. The Labute approximate surface area is 123 Å². The third-order valence-corrected chi connectivity index (χ3v) is 5.00. The van der Waals surface area contributed by atoms with Crippen molar-refractivity contribution in [1.82, 2.24) is 10.2 Å². The molecule has 1 atom stereocenters. The molecule has 0 aromatic heterocycles. The van der Waals surface area contributed by atoms with Crippen molar-refractivity contribution in [2.75, 3.05) is 26.2 Å². The minimum atomic E-state index is 0.668. The van der Waals surface area contributed by atoms with Gasteiger partial charge in [0.25, 0.3) is 0 Å². The Bertz CT molecular complexity index is 402. The maximum absolute atomic E-state index is 3.48. The molecule has 0 bridgehead atoms. The lowest BCUT2D eigenvalue weighted by atomic mass is 9.76. The smallest absolute Gasteiger partial charge is 0.0377 e. The summed E-state index contributed by atoms with van der Waals surface area (Å²) in [5, 5.41) is 3.48. The Kier molecular flexibility index (Phi) is 4.74. The van der Waals surface area contributed by atoms with Crippen LogP contribution in [0.3, 0.4) is 0 Å². The van der Waals surface area contributed by atoms with Crippen LogP contribution in [0.15, 0.2) is 24.3 Å². The second-order valence-electron chi connectivity index (χ2n) is 6.41. The van der Waals surface area contributed by atoms with Crippen LogP contribution in [0.5, 0.6) is 0 Å². The Hall–Kier alpha value is -0.860. The van der Waals surface area contributed by atoms with Gasteiger partial charge in [0.1, 0.15) is 0 Å². The van der Waals surface area contributed by atoms with Gasteiger partial charge in [-0.05, 0) is 36.3 Å². The number of nitrogens with one attached hydrogen (secondary N) is 1. The van der Waals surface area contributed by atoms with Crippen molar-refractivity contribution >= 4 is 0 Å². The van der Waals surface area contributed by atoms with Gasteiger partial charge in [-0.1, -0.05) is 44.0 Å². The molecule has 0 spiro atoms. The second kappa shape index (κ2) is 6.73. The molecule has 2 fully saturated rings. The van der Waals surface area contributed by atoms with Crippen molar-refractivity contribution in [3.8, 4) is 0 Å². The lowest BCUT2D eigenvalue weighted by Gasteiger charge is -2.43. The summed E-state index contributed by atoms with van der Waals surface area (Å²) in [6.45, 7) is 6.97. The van der Waals surface area contributed by atoms with Crippen LogP contribution >= 0.6 is 0 Å². The molecule has 1 aromatic rings. The Morgan fingerprint density at radius 3 is 2.40 bits per heavy atom. The molecule has 3 rings (SSSR count). The van der Waals surface area contributed by atoms with Crippen molar-refractivity contribution < 1.29 is 0 Å². The second-order valence-corrected chi connectivity index (χ2v) is 6.41. The van der Waals surface area contributed by atoms with Crippen molar-refractivity contribution in [2.24, 2.45) is 5.92 Å². The lowest BCUT2D eigenvalue weighted by Crippen LogP contribution is -2.47. The van der Waals surface area contributed by atoms with E-state index in [9.17, 15) is 0 Å². The summed E-state index contributed by atoms with van der Waals surface area (Å²) in [7, 11) is 0. The van der Waals surface area contributed by atoms with Crippen LogP contribution in [0.1, 0.15) is 49.8 Å². The number of hydrogen-bond donors (Lipinski definition) is 1. The Morgan fingerprint density at radius 2 is 1.85 bits per heavy atom. The van der Waals surface area contributed by atoms with Gasteiger partial charge in [-0.15, -0.1) is 0 Å². The molecule has 2 nitrogen and oxygen atoms in total. The first-order valence-electron chi connectivity index (χ1n) is 8.42. The molecular weight excluding hydrogens is 244 g/mol. The molecule has 1 aliphatic heterocycles. The summed E-state index contributed by atoms with van der Waals surface area (Å²) < 4.78 is 0. The highest BCUT2D eigenvalue weighted by Gasteiger charge is 2.33. The zero-order chi connectivity index (χ0) is 13.8. The van der Waals surface area contributed by atoms with Crippen LogP contribution < -0.4 is 5.32 Å². The first-order valence-corrected chi connectivity index (χ1v) is 8.42. The highest BCUT2D eigenvalue weighted by Crippen LogP contribution is 2.41. The molecule has 1 N–H and O–H groups in total. The van der Waals surface area contributed by atoms with E-state index in [0.717, 1.165) is 19.0 Å². The average Bonchev–Trinajstić information content (AvgIpc) is 2.45. The van der Waals surface area contributed by atoms with Crippen LogP contribution in [0, 0.1) is 5.92 Å². The van der Waals surface area contributed by atoms with Gasteiger partial charge in [-0.3, -0.25) is 4.90 Å². The van der Waals surface area contributed by atoms with E-state index < -0.39 is 0 Å². The summed E-state index contributed by atoms with van der Waals surface area (Å²) in [6.07, 6.45) is 6.73. The Balaban J connectivity index is 1.76. The zero-order valence-corrected chi connectivity index (χ0v) is 12.8. The van der Waals surface area contributed by atoms with Crippen LogP contribution in [-0.2, 0) is 6.42 Å². The minimum absolute atomic E-state index is 0.668. The third kappa shape index (κ3) is 3.07. The number of rotatable bonds is 5. The SMILES string of the molecule is CCCc1ccc(C(C2CCC2)N2CCNCC2)cc1. The third-order valence-electron chi connectivity index (χ3n) is 5.00. The summed E-state index contributed by atoms with van der Waals surface area (Å²) in [5.41, 5.74) is 3.04. The van der Waals surface area contributed by atoms with E-state index >= 15 is 0 Å². The number of nitrogens with zero attached hydrogens (tertiary/aromatic N) is 1. The normalized spacial score (nSPS) is 22.4. The van der Waals surface area contributed by atoms with E-state index in [1.54, 1.807) is 5.56 Å². The van der Waals surface area contributed by atoms with E-state index in [1.807, 2.05) is 0 Å². The van der Waals surface area contributed by atoms with Crippen molar-refractivity contribution in [1.29, 1.82) is 0 Å². The van der Waals surface area contributed by atoms with E-state index in [4.69, 9.17) is 0 Å². The maximum atomic E-state index is 3.48. The molecule has 1 aromatic carbocycles. The van der Waals surface area contributed by atoms with E-state index in [2.05, 4.69) is 41.4 Å². The van der Waals surface area contributed by atoms with Gasteiger partial charge in [-0.25, -0.2) is 0 Å². The molecule has 110 valence electrons. The minimum Gasteiger partial charge on any atom is -0.314 e. The highest BCUT2D eigenvalue weighted by atomic mass is 15.2. The molecule has 1 aliphatic carbocycles. The molecule has 0 radical (unpaired) electrons. The molecule has 1 heterocycles. The number of piperazine rings is 1. The molecule has 2 heteroatoms. The first kappa shape index (κ1) is 14.1. The standard InChI is InChI=1S/C18H28N2/c1-2-4-15-7-9-17(10-8-15)18(16-5-3-6-16)20-13-11-19-12-14-20/h7-10,16,18-19H,2-6,11-14H2,1H3. The van der Waals surface area contributed by atoms with Gasteiger partial charge in [0.2, 0.25) is 0 Å². The number of hydrogen-bond acceptors (Lipinski definition) is 2. The predicted molar refractivity (Wildman–Crippen MR) is 85.0 cm³/mol. The molecule has 0 amide bonds. The summed E-state index contributed by atoms with van der Waals surface area (Å²) in [6, 6.07) is 10.2. The van der Waals surface area contributed by atoms with Crippen molar-refractivity contribution in [3.63, 3.8) is 0 Å². The number of benzene rings is 1. The molecule has 1 unspecified atom stereocenters. The van der Waals surface area contributed by atoms with Gasteiger partial charge in [0.15, 0.2) is 0 Å². The molecular formula is C18H28N2. The summed E-state index contributed by atoms with van der Waals surface area (Å²) in [5.74, 6) is 0.894. The maximum Gasteiger partial charge on any atom is 0.0377 e. The fourth-order valence-corrected chi connectivity index (χ4v) is 3.67. The molecule has 20 heavy (non-hydrogen) atoms. The summed E-state index contributed by atoms with van der Waals surface area (Å²) >= 11 is 0. The lowest BCUT2D eigenvalue weighted by molar-refractivity contribution is 0.0837. The summed E-state index contributed by atoms with van der Waals surface area (Å²) in [4.78, 5) is 2.72. The van der Waals surface area contributed by atoms with Crippen LogP contribution in [0.25, 0.3) is 0 Å². The fourth-order valence-electron chi connectivity index (χ4n) is 3.67. The van der Waals surface area contributed by atoms with E-state index in [-0.39, 0.29) is 0 Å². The van der Waals surface area contributed by atoms with Gasteiger partial charge >= 0.3 is 0 Å². The van der Waals surface area contributed by atoms with Crippen LogP contribution in [0.4, 0.5) is 0 Å². The van der Waals surface area contributed by atoms with Gasteiger partial charge in [0.05, 0.1) is 0 Å². The van der Waals surface area contributed by atoms with Gasteiger partial charge in [-0.2, -0.15) is 0 Å². The Morgan fingerprint density at radius 1 is 1.15 bits per heavy atom. The average molecular weight is 272 g/mol. The molecule has 2 aliphatic rings. The largest absolute Gasteiger partial charge is 0.314 e. The van der Waals surface area contributed by atoms with Gasteiger partial charge < -0.3 is 5.32 Å². The monoisotopic (exact) mass is 272 g/mol. The zero-order valence-electron chi connectivity index (χ0n) is 12.8. The van der Waals surface area contributed by atoms with Crippen molar-refractivity contribution in [3.05, 3.63) is 35.4 Å². The quantitative estimate of drug-likeness (QED) is 0.884. The van der Waals surface area contributed by atoms with Crippen LogP contribution in [-0.4, -0.2) is 31.1 Å². The predicted octanol–water partition coefficient (Wildman–Crippen LogP) is 3.39. The van der Waals surface area contributed by atoms with Crippen LogP contribution in [0.2, 0.25) is 0 Å². The molecule has 1 saturated carbocycles. The van der Waals surface area contributed by atoms with E-state index in [1.165, 1.54) is 50.8 Å². The van der Waals surface area contributed by atoms with E-state index in [0.29, 0.717) is 6.04 Å². The number of aryl methyl sites for hydroxylation is 1. The topological polar surface area (TPSA) is 15.3 Å². The van der Waals surface area contributed by atoms with Gasteiger partial charge in [0, 0.05) is 32.2 Å². The highest BCUT2D eigenvalue weighted by molar-refractivity contribution is 5.26.